The molecule has 1 aromatic heterocycles. The summed E-state index contributed by atoms with van der Waals surface area (Å²) in [5.41, 5.74) is 1.05. The number of aromatic nitrogens is 1. The zero-order chi connectivity index (χ0) is 12.3. The van der Waals surface area contributed by atoms with Gasteiger partial charge in [0.15, 0.2) is 0 Å². The van der Waals surface area contributed by atoms with Crippen molar-refractivity contribution >= 4 is 11.3 Å². The first kappa shape index (κ1) is 12.8. The van der Waals surface area contributed by atoms with Gasteiger partial charge in [0.2, 0.25) is 0 Å². The second-order valence-electron chi connectivity index (χ2n) is 4.77. The summed E-state index contributed by atoms with van der Waals surface area (Å²) in [6.45, 7) is 7.46. The molecular weight excluding hydrogens is 234 g/mol. The van der Waals surface area contributed by atoms with Crippen molar-refractivity contribution in [1.29, 1.82) is 0 Å². The molecule has 0 aromatic carbocycles. The number of aromatic amines is 1. The van der Waals surface area contributed by atoms with E-state index in [9.17, 15) is 4.79 Å². The molecule has 4 nitrogen and oxygen atoms in total. The van der Waals surface area contributed by atoms with E-state index < -0.39 is 0 Å². The second-order valence-corrected chi connectivity index (χ2v) is 5.61. The highest BCUT2D eigenvalue weighted by Crippen LogP contribution is 2.19. The van der Waals surface area contributed by atoms with Gasteiger partial charge in [-0.15, -0.1) is 0 Å². The molecule has 0 saturated carbocycles. The van der Waals surface area contributed by atoms with Gasteiger partial charge in [0.05, 0.1) is 0 Å². The average molecular weight is 255 g/mol. The predicted octanol–water partition coefficient (Wildman–Crippen LogP) is 1.40. The van der Waals surface area contributed by atoms with Gasteiger partial charge in [-0.1, -0.05) is 18.3 Å². The van der Waals surface area contributed by atoms with Gasteiger partial charge < -0.3 is 10.3 Å². The number of hydrogen-bond donors (Lipinski definition) is 2. The van der Waals surface area contributed by atoms with Crippen LogP contribution in [0.4, 0.5) is 0 Å². The van der Waals surface area contributed by atoms with Crippen molar-refractivity contribution in [3.8, 4) is 0 Å². The maximum atomic E-state index is 11.1. The Bertz CT molecular complexity index is 400. The van der Waals surface area contributed by atoms with Crippen LogP contribution in [0.1, 0.15) is 32.4 Å². The minimum Gasteiger partial charge on any atom is -0.315 e. The molecule has 2 N–H and O–H groups in total. The van der Waals surface area contributed by atoms with E-state index in [4.69, 9.17) is 0 Å². The van der Waals surface area contributed by atoms with Crippen LogP contribution < -0.4 is 10.2 Å². The van der Waals surface area contributed by atoms with Gasteiger partial charge in [-0.3, -0.25) is 9.69 Å². The summed E-state index contributed by atoms with van der Waals surface area (Å²) >= 11 is 1.25. The van der Waals surface area contributed by atoms with Gasteiger partial charge in [0, 0.05) is 36.2 Å². The van der Waals surface area contributed by atoms with Crippen molar-refractivity contribution in [1.82, 2.24) is 15.2 Å². The fourth-order valence-corrected chi connectivity index (χ4v) is 3.11. The second kappa shape index (κ2) is 5.80. The van der Waals surface area contributed by atoms with Crippen LogP contribution in [0.5, 0.6) is 0 Å². The molecule has 0 amide bonds. The van der Waals surface area contributed by atoms with E-state index in [1.54, 1.807) is 0 Å². The molecule has 0 spiro atoms. The van der Waals surface area contributed by atoms with Crippen LogP contribution in [0.15, 0.2) is 10.2 Å². The quantitative estimate of drug-likeness (QED) is 0.855. The summed E-state index contributed by atoms with van der Waals surface area (Å²) in [5.74, 6) is 0. The van der Waals surface area contributed by atoms with E-state index in [0.29, 0.717) is 12.1 Å². The number of nitrogens with one attached hydrogen (secondary N) is 2. The number of hydrogen-bond acceptors (Lipinski definition) is 4. The zero-order valence-corrected chi connectivity index (χ0v) is 11.3. The lowest BCUT2D eigenvalue weighted by Crippen LogP contribution is -2.47. The number of nitrogens with zero attached hydrogens (tertiary/aromatic N) is 1. The summed E-state index contributed by atoms with van der Waals surface area (Å²) in [6, 6.07) is 1.24. The largest absolute Gasteiger partial charge is 0.315 e. The summed E-state index contributed by atoms with van der Waals surface area (Å²) in [7, 11) is 0. The van der Waals surface area contributed by atoms with Gasteiger partial charge in [0.25, 0.3) is 0 Å². The SMILES string of the molecule is CCNC1CCN(Cc2csc(=O)[nH]2)C(C)C1. The Hall–Kier alpha value is -0.650. The van der Waals surface area contributed by atoms with Crippen LogP contribution >= 0.6 is 11.3 Å². The lowest BCUT2D eigenvalue weighted by molar-refractivity contribution is 0.128. The van der Waals surface area contributed by atoms with Crippen molar-refractivity contribution in [3.63, 3.8) is 0 Å². The molecule has 1 aliphatic rings. The third-order valence-electron chi connectivity index (χ3n) is 3.45. The third-order valence-corrected chi connectivity index (χ3v) is 4.17. The highest BCUT2D eigenvalue weighted by Gasteiger charge is 2.24. The van der Waals surface area contributed by atoms with Gasteiger partial charge >= 0.3 is 4.87 Å². The van der Waals surface area contributed by atoms with E-state index in [2.05, 4.69) is 29.0 Å². The summed E-state index contributed by atoms with van der Waals surface area (Å²) in [5, 5.41) is 5.46. The van der Waals surface area contributed by atoms with Gasteiger partial charge in [-0.05, 0) is 26.3 Å². The molecule has 17 heavy (non-hydrogen) atoms. The van der Waals surface area contributed by atoms with Crippen molar-refractivity contribution in [3.05, 3.63) is 20.7 Å². The lowest BCUT2D eigenvalue weighted by Gasteiger charge is -2.37. The fourth-order valence-electron chi connectivity index (χ4n) is 2.54. The van der Waals surface area contributed by atoms with Crippen molar-refractivity contribution < 1.29 is 0 Å². The molecule has 96 valence electrons. The Morgan fingerprint density at radius 2 is 2.47 bits per heavy atom. The molecule has 2 atom stereocenters. The van der Waals surface area contributed by atoms with E-state index in [-0.39, 0.29) is 4.87 Å². The number of rotatable bonds is 4. The molecule has 2 heterocycles. The van der Waals surface area contributed by atoms with Crippen LogP contribution in [-0.2, 0) is 6.54 Å². The molecular formula is C12H21N3OS. The number of piperidine rings is 1. The first-order chi connectivity index (χ1) is 8.19. The molecule has 0 aliphatic carbocycles. The Morgan fingerprint density at radius 3 is 3.06 bits per heavy atom. The molecule has 1 aliphatic heterocycles. The number of thiazole rings is 1. The van der Waals surface area contributed by atoms with E-state index in [0.717, 1.165) is 25.3 Å². The van der Waals surface area contributed by atoms with Gasteiger partial charge in [-0.25, -0.2) is 0 Å². The molecule has 1 saturated heterocycles. The molecule has 1 aromatic rings. The maximum absolute atomic E-state index is 11.1. The fraction of sp³-hybridized carbons (Fsp3) is 0.750. The monoisotopic (exact) mass is 255 g/mol. The smallest absolute Gasteiger partial charge is 0.304 e. The number of H-pyrrole nitrogens is 1. The molecule has 0 bridgehead atoms. The van der Waals surface area contributed by atoms with E-state index in [1.807, 2.05) is 5.38 Å². The third kappa shape index (κ3) is 3.40. The Morgan fingerprint density at radius 1 is 1.65 bits per heavy atom. The van der Waals surface area contributed by atoms with Crippen LogP contribution in [0.3, 0.4) is 0 Å². The minimum absolute atomic E-state index is 0.0511. The van der Waals surface area contributed by atoms with Gasteiger partial charge in [0.1, 0.15) is 0 Å². The normalized spacial score (nSPS) is 26.2. The van der Waals surface area contributed by atoms with E-state index in [1.165, 1.54) is 24.2 Å². The lowest BCUT2D eigenvalue weighted by atomic mass is 9.98. The maximum Gasteiger partial charge on any atom is 0.304 e. The van der Waals surface area contributed by atoms with Crippen LogP contribution in [0, 0.1) is 0 Å². The van der Waals surface area contributed by atoms with Crippen molar-refractivity contribution in [2.24, 2.45) is 0 Å². The van der Waals surface area contributed by atoms with Crippen molar-refractivity contribution in [2.75, 3.05) is 13.1 Å². The topological polar surface area (TPSA) is 48.1 Å². The highest BCUT2D eigenvalue weighted by molar-refractivity contribution is 7.07. The highest BCUT2D eigenvalue weighted by atomic mass is 32.1. The Kier molecular flexibility index (Phi) is 4.36. The Balaban J connectivity index is 1.89. The summed E-state index contributed by atoms with van der Waals surface area (Å²) in [6.07, 6.45) is 2.40. The van der Waals surface area contributed by atoms with Crippen molar-refractivity contribution in [2.45, 2.75) is 45.3 Å². The minimum atomic E-state index is 0.0511. The zero-order valence-electron chi connectivity index (χ0n) is 10.5. The average Bonchev–Trinajstić information content (AvgIpc) is 2.69. The Labute approximate surface area is 106 Å². The first-order valence-corrected chi connectivity index (χ1v) is 7.21. The summed E-state index contributed by atoms with van der Waals surface area (Å²) in [4.78, 5) is 16.5. The van der Waals surface area contributed by atoms with Crippen LogP contribution in [0.25, 0.3) is 0 Å². The molecule has 5 heteroatoms. The molecule has 1 fully saturated rings. The van der Waals surface area contributed by atoms with Crippen LogP contribution in [-0.4, -0.2) is 35.1 Å². The summed E-state index contributed by atoms with van der Waals surface area (Å²) < 4.78 is 0. The van der Waals surface area contributed by atoms with Crippen LogP contribution in [0.2, 0.25) is 0 Å². The number of likely N-dealkylation sites (tertiary alicyclic amines) is 1. The predicted molar refractivity (Wildman–Crippen MR) is 71.5 cm³/mol. The van der Waals surface area contributed by atoms with E-state index >= 15 is 0 Å². The first-order valence-electron chi connectivity index (χ1n) is 6.33. The molecule has 0 radical (unpaired) electrons. The van der Waals surface area contributed by atoms with Gasteiger partial charge in [-0.2, -0.15) is 0 Å². The molecule has 2 rings (SSSR count). The molecule has 2 unspecified atom stereocenters. The standard InChI is InChI=1S/C12H21N3OS/c1-3-13-10-4-5-15(9(2)6-10)7-11-8-17-12(16)14-11/h8-10,13H,3-7H2,1-2H3,(H,14,16).